The van der Waals surface area contributed by atoms with Crippen LogP contribution in [0.5, 0.6) is 0 Å². The Labute approximate surface area is 173 Å². The van der Waals surface area contributed by atoms with Crippen LogP contribution in [0.15, 0.2) is 59.8 Å². The molecule has 1 N–H and O–H groups in total. The second-order valence-corrected chi connectivity index (χ2v) is 8.00. The summed E-state index contributed by atoms with van der Waals surface area (Å²) >= 11 is 0. The van der Waals surface area contributed by atoms with Crippen LogP contribution in [0, 0.1) is 6.92 Å². The standard InChI is InChI=1S/C24H32N2O3/c1-18(2)28-17-21(27)15-26(14-20-10-5-4-6-11-20)16-22-13-24(25-29-22)23-12-8-7-9-19(23)3/h4-12,18,21-22,27H,13-17H2,1-3H3/t21-,22-/m0/s1. The molecule has 0 aliphatic carbocycles. The minimum Gasteiger partial charge on any atom is -0.390 e. The van der Waals surface area contributed by atoms with Gasteiger partial charge in [-0.05, 0) is 31.9 Å². The summed E-state index contributed by atoms with van der Waals surface area (Å²) in [6.07, 6.45) is 0.315. The Morgan fingerprint density at radius 3 is 2.59 bits per heavy atom. The molecule has 0 saturated carbocycles. The third-order valence-corrected chi connectivity index (χ3v) is 4.99. The Kier molecular flexibility index (Phi) is 7.81. The quantitative estimate of drug-likeness (QED) is 0.664. The summed E-state index contributed by atoms with van der Waals surface area (Å²) in [5.74, 6) is 0. The number of oxime groups is 1. The lowest BCUT2D eigenvalue weighted by atomic mass is 10.00. The average molecular weight is 397 g/mol. The van der Waals surface area contributed by atoms with Crippen molar-refractivity contribution in [1.82, 2.24) is 4.90 Å². The average Bonchev–Trinajstić information content (AvgIpc) is 3.15. The number of ether oxygens (including phenoxy) is 1. The highest BCUT2D eigenvalue weighted by molar-refractivity contribution is 6.02. The van der Waals surface area contributed by atoms with Crippen molar-refractivity contribution < 1.29 is 14.7 Å². The Balaban J connectivity index is 1.61. The van der Waals surface area contributed by atoms with Gasteiger partial charge in [-0.3, -0.25) is 4.90 Å². The molecule has 5 heteroatoms. The molecule has 1 aliphatic heterocycles. The Bertz CT molecular complexity index is 792. The molecule has 3 rings (SSSR count). The second-order valence-electron chi connectivity index (χ2n) is 8.00. The van der Waals surface area contributed by atoms with Gasteiger partial charge in [0, 0.05) is 31.6 Å². The van der Waals surface area contributed by atoms with Gasteiger partial charge in [-0.1, -0.05) is 59.8 Å². The summed E-state index contributed by atoms with van der Waals surface area (Å²) in [6.45, 7) is 8.36. The van der Waals surface area contributed by atoms with Crippen LogP contribution in [0.4, 0.5) is 0 Å². The lowest BCUT2D eigenvalue weighted by Crippen LogP contribution is -2.39. The first-order valence-electron chi connectivity index (χ1n) is 10.4. The van der Waals surface area contributed by atoms with E-state index in [9.17, 15) is 5.11 Å². The molecule has 0 fully saturated rings. The molecule has 0 bridgehead atoms. The van der Waals surface area contributed by atoms with E-state index in [1.54, 1.807) is 0 Å². The maximum Gasteiger partial charge on any atom is 0.145 e. The molecule has 0 unspecified atom stereocenters. The molecule has 156 valence electrons. The molecule has 2 aromatic carbocycles. The third-order valence-electron chi connectivity index (χ3n) is 4.99. The topological polar surface area (TPSA) is 54.3 Å². The Morgan fingerprint density at radius 2 is 1.86 bits per heavy atom. The minimum atomic E-state index is -0.542. The van der Waals surface area contributed by atoms with Gasteiger partial charge >= 0.3 is 0 Å². The number of aryl methyl sites for hydroxylation is 1. The molecule has 0 saturated heterocycles. The summed E-state index contributed by atoms with van der Waals surface area (Å²) in [5, 5.41) is 14.8. The predicted molar refractivity (Wildman–Crippen MR) is 116 cm³/mol. The van der Waals surface area contributed by atoms with E-state index in [1.165, 1.54) is 11.1 Å². The maximum atomic E-state index is 10.5. The van der Waals surface area contributed by atoms with Crippen molar-refractivity contribution in [3.8, 4) is 0 Å². The van der Waals surface area contributed by atoms with Gasteiger partial charge in [0.2, 0.25) is 0 Å². The van der Waals surface area contributed by atoms with Gasteiger partial charge in [0.15, 0.2) is 0 Å². The molecule has 2 atom stereocenters. The van der Waals surface area contributed by atoms with Crippen LogP contribution in [-0.2, 0) is 16.1 Å². The fraction of sp³-hybridized carbons (Fsp3) is 0.458. The molecule has 1 heterocycles. The highest BCUT2D eigenvalue weighted by Gasteiger charge is 2.26. The first-order valence-corrected chi connectivity index (χ1v) is 10.4. The third kappa shape index (κ3) is 6.67. The SMILES string of the molecule is Cc1ccccc1C1=NO[C@H](CN(Cc2ccccc2)C[C@H](O)COC(C)C)C1. The summed E-state index contributed by atoms with van der Waals surface area (Å²) in [7, 11) is 0. The van der Waals surface area contributed by atoms with Gasteiger partial charge in [-0.15, -0.1) is 0 Å². The van der Waals surface area contributed by atoms with Crippen LogP contribution in [0.1, 0.15) is 37.0 Å². The minimum absolute atomic E-state index is 0.0217. The zero-order chi connectivity index (χ0) is 20.6. The summed E-state index contributed by atoms with van der Waals surface area (Å²) < 4.78 is 5.58. The van der Waals surface area contributed by atoms with Crippen LogP contribution in [0.25, 0.3) is 0 Å². The molecule has 1 aliphatic rings. The van der Waals surface area contributed by atoms with Crippen molar-refractivity contribution in [2.75, 3.05) is 19.7 Å². The van der Waals surface area contributed by atoms with E-state index in [0.29, 0.717) is 19.7 Å². The largest absolute Gasteiger partial charge is 0.390 e. The number of hydrogen-bond donors (Lipinski definition) is 1. The van der Waals surface area contributed by atoms with E-state index in [0.717, 1.165) is 24.2 Å². The van der Waals surface area contributed by atoms with Gasteiger partial charge in [0.05, 0.1) is 24.5 Å². The Hall–Kier alpha value is -2.21. The van der Waals surface area contributed by atoms with Crippen LogP contribution >= 0.6 is 0 Å². The normalized spacial score (nSPS) is 17.4. The lowest BCUT2D eigenvalue weighted by Gasteiger charge is -2.27. The molecule has 0 radical (unpaired) electrons. The molecule has 0 amide bonds. The zero-order valence-corrected chi connectivity index (χ0v) is 17.6. The zero-order valence-electron chi connectivity index (χ0n) is 17.6. The fourth-order valence-electron chi connectivity index (χ4n) is 3.57. The Morgan fingerprint density at radius 1 is 1.14 bits per heavy atom. The number of rotatable bonds is 10. The van der Waals surface area contributed by atoms with Crippen LogP contribution < -0.4 is 0 Å². The number of nitrogens with zero attached hydrogens (tertiary/aromatic N) is 2. The molecular formula is C24H32N2O3. The van der Waals surface area contributed by atoms with Crippen molar-refractivity contribution in [3.63, 3.8) is 0 Å². The van der Waals surface area contributed by atoms with Gasteiger partial charge in [0.1, 0.15) is 6.10 Å². The highest BCUT2D eigenvalue weighted by Crippen LogP contribution is 2.21. The van der Waals surface area contributed by atoms with E-state index in [2.05, 4.69) is 41.2 Å². The van der Waals surface area contributed by atoms with Gasteiger partial charge in [-0.2, -0.15) is 0 Å². The number of aliphatic hydroxyl groups is 1. The molecule has 0 spiro atoms. The monoisotopic (exact) mass is 396 g/mol. The summed E-state index contributed by atoms with van der Waals surface area (Å²) in [6, 6.07) is 18.6. The lowest BCUT2D eigenvalue weighted by molar-refractivity contribution is -0.0194. The van der Waals surface area contributed by atoms with E-state index in [1.807, 2.05) is 44.2 Å². The molecule has 29 heavy (non-hydrogen) atoms. The second kappa shape index (κ2) is 10.5. The van der Waals surface area contributed by atoms with Gasteiger partial charge < -0.3 is 14.7 Å². The summed E-state index contributed by atoms with van der Waals surface area (Å²) in [4.78, 5) is 7.98. The van der Waals surface area contributed by atoms with E-state index >= 15 is 0 Å². The van der Waals surface area contributed by atoms with E-state index < -0.39 is 6.10 Å². The fourth-order valence-corrected chi connectivity index (χ4v) is 3.57. The first kappa shape index (κ1) is 21.5. The first-order chi connectivity index (χ1) is 14.0. The predicted octanol–water partition coefficient (Wildman–Crippen LogP) is 3.78. The van der Waals surface area contributed by atoms with Gasteiger partial charge in [-0.25, -0.2) is 0 Å². The van der Waals surface area contributed by atoms with Crippen LogP contribution in [0.2, 0.25) is 0 Å². The maximum absolute atomic E-state index is 10.5. The molecular weight excluding hydrogens is 364 g/mol. The van der Waals surface area contributed by atoms with Crippen molar-refractivity contribution in [2.45, 2.75) is 52.0 Å². The summed E-state index contributed by atoms with van der Waals surface area (Å²) in [5.41, 5.74) is 4.56. The number of aliphatic hydroxyl groups excluding tert-OH is 1. The molecule has 5 nitrogen and oxygen atoms in total. The van der Waals surface area contributed by atoms with Crippen LogP contribution in [-0.4, -0.2) is 53.7 Å². The van der Waals surface area contributed by atoms with E-state index in [4.69, 9.17) is 9.57 Å². The van der Waals surface area contributed by atoms with Crippen molar-refractivity contribution in [2.24, 2.45) is 5.16 Å². The number of benzene rings is 2. The van der Waals surface area contributed by atoms with Gasteiger partial charge in [0.25, 0.3) is 0 Å². The number of hydrogen-bond acceptors (Lipinski definition) is 5. The highest BCUT2D eigenvalue weighted by atomic mass is 16.6. The molecule has 2 aromatic rings. The van der Waals surface area contributed by atoms with Crippen molar-refractivity contribution in [3.05, 3.63) is 71.3 Å². The van der Waals surface area contributed by atoms with Crippen molar-refractivity contribution >= 4 is 5.71 Å². The smallest absolute Gasteiger partial charge is 0.145 e. The van der Waals surface area contributed by atoms with Crippen molar-refractivity contribution in [1.29, 1.82) is 0 Å². The van der Waals surface area contributed by atoms with Crippen LogP contribution in [0.3, 0.4) is 0 Å². The molecule has 0 aromatic heterocycles. The van der Waals surface area contributed by atoms with E-state index in [-0.39, 0.29) is 12.2 Å².